The van der Waals surface area contributed by atoms with Crippen LogP contribution in [0, 0.1) is 23.7 Å². The Hall–Kier alpha value is -3.27. The Morgan fingerprint density at radius 1 is 0.880 bits per heavy atom. The van der Waals surface area contributed by atoms with Crippen LogP contribution in [0.15, 0.2) is 72.8 Å². The van der Waals surface area contributed by atoms with E-state index in [4.69, 9.17) is 9.47 Å². The fourth-order valence-corrected chi connectivity index (χ4v) is 10.4. The summed E-state index contributed by atoms with van der Waals surface area (Å²) >= 11 is 0. The first-order valence-electron chi connectivity index (χ1n) is 19.0. The highest BCUT2D eigenvalue weighted by Gasteiger charge is 2.51. The molecule has 0 aromatic heterocycles. The van der Waals surface area contributed by atoms with Gasteiger partial charge in [-0.05, 0) is 103 Å². The van der Waals surface area contributed by atoms with E-state index in [0.29, 0.717) is 6.54 Å². The summed E-state index contributed by atoms with van der Waals surface area (Å²) in [6.45, 7) is 4.53. The Morgan fingerprint density at radius 3 is 2.24 bits per heavy atom. The SMILES string of the molecule is C[C@H]1[C@@H](CN2CCC[C@H]2CO)O[C@@H](c2ccc(-c3ccccc3CNC(=O)NC34CC5CC(CC(C5)C3)C4)cc2)O[C@H]1c1ccc(CO)cc1. The molecule has 4 aliphatic carbocycles. The molecule has 2 aliphatic heterocycles. The Kier molecular flexibility index (Phi) is 9.74. The van der Waals surface area contributed by atoms with Crippen molar-refractivity contribution in [3.63, 3.8) is 0 Å². The number of hydrogen-bond donors (Lipinski definition) is 4. The number of aliphatic hydroxyl groups excluding tert-OH is 2. The Balaban J connectivity index is 0.967. The predicted octanol–water partition coefficient (Wildman–Crippen LogP) is 6.86. The van der Waals surface area contributed by atoms with Crippen molar-refractivity contribution >= 4 is 6.03 Å². The van der Waals surface area contributed by atoms with E-state index in [2.05, 4.69) is 71.0 Å². The molecule has 2 saturated heterocycles. The van der Waals surface area contributed by atoms with Gasteiger partial charge in [0.2, 0.25) is 0 Å². The van der Waals surface area contributed by atoms with Crippen LogP contribution in [-0.2, 0) is 22.6 Å². The van der Waals surface area contributed by atoms with Crippen molar-refractivity contribution in [2.45, 2.75) is 102 Å². The van der Waals surface area contributed by atoms with Crippen molar-refractivity contribution in [1.29, 1.82) is 0 Å². The van der Waals surface area contributed by atoms with Crippen LogP contribution >= 0.6 is 0 Å². The minimum Gasteiger partial charge on any atom is -0.395 e. The van der Waals surface area contributed by atoms with Crippen LogP contribution in [0.3, 0.4) is 0 Å². The van der Waals surface area contributed by atoms with Gasteiger partial charge in [0.1, 0.15) is 0 Å². The summed E-state index contributed by atoms with van der Waals surface area (Å²) in [6.07, 6.45) is 8.78. The molecule has 2 heterocycles. The Bertz CT molecular complexity index is 1590. The molecular formula is C42H53N3O5. The number of ether oxygens (including phenoxy) is 2. The zero-order valence-corrected chi connectivity index (χ0v) is 29.3. The first-order chi connectivity index (χ1) is 24.4. The lowest BCUT2D eigenvalue weighted by Crippen LogP contribution is -2.61. The van der Waals surface area contributed by atoms with E-state index in [1.807, 2.05) is 24.3 Å². The topological polar surface area (TPSA) is 103 Å². The second-order valence-corrected chi connectivity index (χ2v) is 16.1. The number of urea groups is 1. The minimum atomic E-state index is -0.548. The van der Waals surface area contributed by atoms with E-state index >= 15 is 0 Å². The highest BCUT2D eigenvalue weighted by Crippen LogP contribution is 2.55. The largest absolute Gasteiger partial charge is 0.395 e. The number of carbonyl (C=O) groups excluding carboxylic acids is 1. The summed E-state index contributed by atoms with van der Waals surface area (Å²) in [5.41, 5.74) is 6.14. The second-order valence-electron chi connectivity index (χ2n) is 16.1. The van der Waals surface area contributed by atoms with E-state index in [9.17, 15) is 15.0 Å². The quantitative estimate of drug-likeness (QED) is 0.187. The fraction of sp³-hybridized carbons (Fsp3) is 0.548. The monoisotopic (exact) mass is 679 g/mol. The van der Waals surface area contributed by atoms with Crippen molar-refractivity contribution in [1.82, 2.24) is 15.5 Å². The van der Waals surface area contributed by atoms with Gasteiger partial charge in [0, 0.05) is 36.2 Å². The molecule has 4 N–H and O–H groups in total. The maximum atomic E-state index is 13.2. The van der Waals surface area contributed by atoms with Crippen molar-refractivity contribution in [2.75, 3.05) is 19.7 Å². The maximum absolute atomic E-state index is 13.2. The average molecular weight is 680 g/mol. The van der Waals surface area contributed by atoms with Crippen LogP contribution in [0.1, 0.15) is 92.9 Å². The molecule has 4 bridgehead atoms. The van der Waals surface area contributed by atoms with Gasteiger partial charge in [-0.2, -0.15) is 0 Å². The number of hydrogen-bond acceptors (Lipinski definition) is 6. The molecule has 8 nitrogen and oxygen atoms in total. The molecule has 2 amide bonds. The number of nitrogens with zero attached hydrogens (tertiary/aromatic N) is 1. The Morgan fingerprint density at radius 2 is 1.56 bits per heavy atom. The standard InChI is InChI=1S/C42H53N3O5/c1-27-38(24-45-16-4-6-36(45)26-47)49-40(50-39(27)33-10-8-28(25-46)9-11-33)34-14-12-32(13-15-34)37-7-3-2-5-35(37)23-43-41(48)44-42-20-29-17-30(21-42)19-31(18-29)22-42/h2-3,5,7-15,27,29-31,36,38-40,46-47H,4,6,16-26H2,1H3,(H2,43,44,48)/t27-,29?,30?,31?,36-,38+,39+,40+,42?/m0/s1. The van der Waals surface area contributed by atoms with Crippen molar-refractivity contribution in [2.24, 2.45) is 23.7 Å². The minimum absolute atomic E-state index is 0.00774. The summed E-state index contributed by atoms with van der Waals surface area (Å²) < 4.78 is 13.4. The third-order valence-corrected chi connectivity index (χ3v) is 12.6. The number of amides is 2. The molecule has 3 aromatic rings. The number of carbonyl (C=O) groups is 1. The zero-order valence-electron chi connectivity index (χ0n) is 29.3. The second kappa shape index (κ2) is 14.4. The van der Waals surface area contributed by atoms with E-state index in [1.54, 1.807) is 0 Å². The van der Waals surface area contributed by atoms with E-state index in [-0.39, 0.29) is 49.0 Å². The lowest BCUT2D eigenvalue weighted by atomic mass is 9.53. The predicted molar refractivity (Wildman–Crippen MR) is 193 cm³/mol. The molecular weight excluding hydrogens is 626 g/mol. The van der Waals surface area contributed by atoms with Gasteiger partial charge in [-0.1, -0.05) is 79.7 Å². The van der Waals surface area contributed by atoms with Crippen molar-refractivity contribution < 1.29 is 24.5 Å². The van der Waals surface area contributed by atoms with Gasteiger partial charge in [0.25, 0.3) is 0 Å². The Labute approximate surface area is 296 Å². The number of aliphatic hydroxyl groups is 2. The smallest absolute Gasteiger partial charge is 0.315 e. The average Bonchev–Trinajstić information content (AvgIpc) is 3.58. The molecule has 50 heavy (non-hydrogen) atoms. The molecule has 3 aromatic carbocycles. The molecule has 6 aliphatic rings. The van der Waals surface area contributed by atoms with Gasteiger partial charge in [0.05, 0.1) is 25.4 Å². The van der Waals surface area contributed by atoms with Gasteiger partial charge in [-0.15, -0.1) is 0 Å². The number of benzene rings is 3. The maximum Gasteiger partial charge on any atom is 0.315 e. The van der Waals surface area contributed by atoms with Crippen molar-refractivity contribution in [3.8, 4) is 11.1 Å². The lowest BCUT2D eigenvalue weighted by molar-refractivity contribution is -0.276. The van der Waals surface area contributed by atoms with Gasteiger partial charge >= 0.3 is 6.03 Å². The van der Waals surface area contributed by atoms with Gasteiger partial charge in [0.15, 0.2) is 6.29 Å². The van der Waals surface area contributed by atoms with Crippen LogP contribution in [0.25, 0.3) is 11.1 Å². The summed E-state index contributed by atoms with van der Waals surface area (Å²) in [6, 6.07) is 24.9. The summed E-state index contributed by atoms with van der Waals surface area (Å²) in [5, 5.41) is 26.3. The molecule has 6 fully saturated rings. The highest BCUT2D eigenvalue weighted by molar-refractivity contribution is 5.76. The fourth-order valence-electron chi connectivity index (χ4n) is 10.4. The van der Waals surface area contributed by atoms with Crippen LogP contribution in [-0.4, -0.2) is 58.5 Å². The normalized spacial score (nSPS) is 33.4. The molecule has 0 spiro atoms. The molecule has 8 heteroatoms. The first-order valence-corrected chi connectivity index (χ1v) is 19.0. The van der Waals surface area contributed by atoms with Crippen LogP contribution in [0.5, 0.6) is 0 Å². The van der Waals surface area contributed by atoms with E-state index in [1.165, 1.54) is 19.3 Å². The third kappa shape index (κ3) is 6.98. The molecule has 0 radical (unpaired) electrons. The van der Waals surface area contributed by atoms with Gasteiger partial charge in [-0.25, -0.2) is 4.79 Å². The zero-order chi connectivity index (χ0) is 34.2. The third-order valence-electron chi connectivity index (χ3n) is 12.6. The van der Waals surface area contributed by atoms with Crippen LogP contribution in [0.2, 0.25) is 0 Å². The summed E-state index contributed by atoms with van der Waals surface area (Å²) in [5.74, 6) is 2.45. The van der Waals surface area contributed by atoms with E-state index < -0.39 is 6.29 Å². The molecule has 0 unspecified atom stereocenters. The summed E-state index contributed by atoms with van der Waals surface area (Å²) in [7, 11) is 0. The number of nitrogens with one attached hydrogen (secondary N) is 2. The molecule has 266 valence electrons. The number of rotatable bonds is 10. The van der Waals surface area contributed by atoms with Crippen LogP contribution in [0.4, 0.5) is 4.79 Å². The molecule has 5 atom stereocenters. The van der Waals surface area contributed by atoms with E-state index in [0.717, 1.165) is 96.3 Å². The van der Waals surface area contributed by atoms with Crippen LogP contribution < -0.4 is 10.6 Å². The molecule has 4 saturated carbocycles. The van der Waals surface area contributed by atoms with Crippen molar-refractivity contribution in [3.05, 3.63) is 95.1 Å². The lowest BCUT2D eigenvalue weighted by Gasteiger charge is -2.56. The van der Waals surface area contributed by atoms with Gasteiger partial charge < -0.3 is 30.3 Å². The number of likely N-dealkylation sites (tertiary alicyclic amines) is 1. The first kappa shape index (κ1) is 33.9. The summed E-state index contributed by atoms with van der Waals surface area (Å²) in [4.78, 5) is 15.6. The highest BCUT2D eigenvalue weighted by atomic mass is 16.7. The van der Waals surface area contributed by atoms with Gasteiger partial charge in [-0.3, -0.25) is 4.90 Å². The molecule has 9 rings (SSSR count).